The summed E-state index contributed by atoms with van der Waals surface area (Å²) in [6.45, 7) is 1.92. The van der Waals surface area contributed by atoms with E-state index in [0.717, 1.165) is 49.6 Å². The van der Waals surface area contributed by atoms with Crippen molar-refractivity contribution in [1.82, 2.24) is 4.98 Å². The van der Waals surface area contributed by atoms with Crippen LogP contribution in [0.5, 0.6) is 0 Å². The van der Waals surface area contributed by atoms with E-state index in [9.17, 15) is 18.8 Å². The number of anilines is 1. The van der Waals surface area contributed by atoms with Gasteiger partial charge in [0, 0.05) is 27.5 Å². The van der Waals surface area contributed by atoms with Crippen LogP contribution in [-0.2, 0) is 22.4 Å². The van der Waals surface area contributed by atoms with Crippen molar-refractivity contribution < 1.29 is 18.8 Å². The number of aromatic amines is 1. The fourth-order valence-electron chi connectivity index (χ4n) is 4.85. The number of aromatic nitrogens is 1. The van der Waals surface area contributed by atoms with Gasteiger partial charge in [0.2, 0.25) is 11.8 Å². The van der Waals surface area contributed by atoms with Crippen LogP contribution in [0.4, 0.5) is 10.1 Å². The molecule has 190 valence electrons. The van der Waals surface area contributed by atoms with Crippen molar-refractivity contribution in [3.8, 4) is 11.1 Å². The molecule has 3 amide bonds. The zero-order chi connectivity index (χ0) is 27.0. The molecule has 0 radical (unpaired) electrons. The first-order valence-electron chi connectivity index (χ1n) is 12.0. The van der Waals surface area contributed by atoms with Crippen molar-refractivity contribution in [1.29, 1.82) is 0 Å². The molecule has 1 aromatic heterocycles. The highest BCUT2D eigenvalue weighted by atomic mass is 19.1. The predicted octanol–water partition coefficient (Wildman–Crippen LogP) is 4.74. The molecule has 8 heteroatoms. The summed E-state index contributed by atoms with van der Waals surface area (Å²) in [6, 6.07) is 20.5. The van der Waals surface area contributed by atoms with Crippen LogP contribution >= 0.6 is 0 Å². The first-order chi connectivity index (χ1) is 18.2. The molecule has 0 spiro atoms. The number of fused-ring (bicyclic) bond motifs is 3. The van der Waals surface area contributed by atoms with Gasteiger partial charge in [-0.1, -0.05) is 36.4 Å². The van der Waals surface area contributed by atoms with E-state index in [0.29, 0.717) is 11.3 Å². The van der Waals surface area contributed by atoms with E-state index in [1.54, 1.807) is 0 Å². The average molecular weight is 509 g/mol. The van der Waals surface area contributed by atoms with Gasteiger partial charge in [-0.2, -0.15) is 0 Å². The molecule has 0 aliphatic heterocycles. The lowest BCUT2D eigenvalue weighted by molar-refractivity contribution is -0.118. The Morgan fingerprint density at radius 2 is 1.61 bits per heavy atom. The number of halogens is 1. The first kappa shape index (κ1) is 24.7. The maximum Gasteiger partial charge on any atom is 0.255 e. The number of nitrogens with one attached hydrogen (secondary N) is 2. The minimum absolute atomic E-state index is 0.0600. The molecule has 4 aromatic carbocycles. The molecule has 0 aliphatic carbocycles. The van der Waals surface area contributed by atoms with E-state index in [4.69, 9.17) is 11.5 Å². The van der Waals surface area contributed by atoms with Crippen LogP contribution in [-0.4, -0.2) is 22.7 Å². The summed E-state index contributed by atoms with van der Waals surface area (Å²) in [6.07, 6.45) is 0.172. The van der Waals surface area contributed by atoms with Gasteiger partial charge in [0.25, 0.3) is 5.91 Å². The second kappa shape index (κ2) is 9.82. The van der Waals surface area contributed by atoms with Gasteiger partial charge in [-0.25, -0.2) is 4.39 Å². The molecule has 0 bridgehead atoms. The van der Waals surface area contributed by atoms with Gasteiger partial charge in [-0.05, 0) is 71.1 Å². The van der Waals surface area contributed by atoms with Crippen LogP contribution in [0.25, 0.3) is 32.9 Å². The normalized spacial score (nSPS) is 11.1. The predicted molar refractivity (Wildman–Crippen MR) is 146 cm³/mol. The summed E-state index contributed by atoms with van der Waals surface area (Å²) in [4.78, 5) is 39.5. The van der Waals surface area contributed by atoms with E-state index in [-0.39, 0.29) is 18.7 Å². The Hall–Kier alpha value is -4.98. The van der Waals surface area contributed by atoms with Gasteiger partial charge >= 0.3 is 0 Å². The van der Waals surface area contributed by atoms with Crippen LogP contribution in [0, 0.1) is 12.7 Å². The quantitative estimate of drug-likeness (QED) is 0.253. The highest BCUT2D eigenvalue weighted by Gasteiger charge is 2.18. The van der Waals surface area contributed by atoms with Crippen LogP contribution < -0.4 is 16.8 Å². The van der Waals surface area contributed by atoms with Gasteiger partial charge in [-0.3, -0.25) is 14.4 Å². The monoisotopic (exact) mass is 508 g/mol. The van der Waals surface area contributed by atoms with Crippen molar-refractivity contribution in [3.63, 3.8) is 0 Å². The maximum atomic E-state index is 13.3. The molecule has 38 heavy (non-hydrogen) atoms. The van der Waals surface area contributed by atoms with E-state index in [2.05, 4.69) is 10.3 Å². The average Bonchev–Trinajstić information content (AvgIpc) is 3.25. The lowest BCUT2D eigenvalue weighted by Crippen LogP contribution is -2.14. The van der Waals surface area contributed by atoms with Crippen molar-refractivity contribution in [2.45, 2.75) is 19.8 Å². The summed E-state index contributed by atoms with van der Waals surface area (Å²) in [5.41, 5.74) is 17.6. The number of amides is 3. The molecule has 7 nitrogen and oxygen atoms in total. The highest BCUT2D eigenvalue weighted by molar-refractivity contribution is 6.16. The molecule has 0 unspecified atom stereocenters. The van der Waals surface area contributed by atoms with Crippen molar-refractivity contribution in [3.05, 3.63) is 101 Å². The number of nitrogens with two attached hydrogens (primary N) is 2. The number of carbonyl (C=O) groups excluding carboxylic acids is 3. The number of benzene rings is 4. The van der Waals surface area contributed by atoms with Crippen LogP contribution in [0.15, 0.2) is 72.8 Å². The summed E-state index contributed by atoms with van der Waals surface area (Å²) in [5, 5.41) is 4.73. The van der Waals surface area contributed by atoms with Gasteiger partial charge < -0.3 is 21.8 Å². The zero-order valence-corrected chi connectivity index (χ0v) is 20.6. The van der Waals surface area contributed by atoms with Gasteiger partial charge in [-0.15, -0.1) is 0 Å². The first-order valence-corrected chi connectivity index (χ1v) is 12.0. The number of hydrogen-bond donors (Lipinski definition) is 4. The molecule has 1 heterocycles. The number of primary amides is 2. The zero-order valence-electron chi connectivity index (χ0n) is 20.6. The summed E-state index contributed by atoms with van der Waals surface area (Å²) in [7, 11) is 0. The van der Waals surface area contributed by atoms with Crippen LogP contribution in [0.1, 0.15) is 27.0 Å². The lowest BCUT2D eigenvalue weighted by Gasteiger charge is -2.15. The van der Waals surface area contributed by atoms with E-state index in [1.165, 1.54) is 24.3 Å². The molecule has 0 saturated heterocycles. The third-order valence-corrected chi connectivity index (χ3v) is 6.63. The molecule has 0 atom stereocenters. The Morgan fingerprint density at radius 3 is 2.32 bits per heavy atom. The summed E-state index contributed by atoms with van der Waals surface area (Å²) >= 11 is 0. The number of carbonyl (C=O) groups is 3. The Bertz CT molecular complexity index is 1740. The number of rotatable bonds is 7. The number of H-pyrrole nitrogens is 1. The maximum absolute atomic E-state index is 13.3. The third-order valence-electron chi connectivity index (χ3n) is 6.63. The Morgan fingerprint density at radius 1 is 0.868 bits per heavy atom. The highest BCUT2D eigenvalue weighted by Crippen LogP contribution is 2.39. The molecule has 5 aromatic rings. The molecule has 0 fully saturated rings. The van der Waals surface area contributed by atoms with Crippen LogP contribution in [0.3, 0.4) is 0 Å². The van der Waals surface area contributed by atoms with Gasteiger partial charge in [0.05, 0.1) is 18.4 Å². The van der Waals surface area contributed by atoms with Crippen LogP contribution in [0.2, 0.25) is 0 Å². The summed E-state index contributed by atoms with van der Waals surface area (Å²) in [5.74, 6) is -1.63. The minimum Gasteiger partial charge on any atom is -0.369 e. The SMILES string of the molecule is Cc1c(NC(=O)c2ccc(F)cc2)cccc1-c1ccc(CC(N)=O)c2[nH]c3cc(CC(N)=O)ccc3c12. The molecule has 0 aliphatic rings. The lowest BCUT2D eigenvalue weighted by atomic mass is 9.92. The minimum atomic E-state index is -0.450. The van der Waals surface area contributed by atoms with Crippen molar-refractivity contribution >= 4 is 45.2 Å². The van der Waals surface area contributed by atoms with E-state index >= 15 is 0 Å². The molecular formula is C30H25FN4O3. The standard InChI is InChI=1S/C30H25FN4O3/c1-16-21(3-2-4-24(16)35-30(38)18-6-9-20(31)10-7-18)22-12-8-19(15-27(33)37)29-28(22)23-11-5-17(14-26(32)36)13-25(23)34-29/h2-13,34H,14-15H2,1H3,(H2,32,36)(H2,33,37)(H,35,38). The fourth-order valence-corrected chi connectivity index (χ4v) is 4.85. The van der Waals surface area contributed by atoms with Crippen molar-refractivity contribution in [2.24, 2.45) is 11.5 Å². The smallest absolute Gasteiger partial charge is 0.255 e. The number of hydrogen-bond acceptors (Lipinski definition) is 3. The Balaban J connectivity index is 1.64. The fraction of sp³-hybridized carbons (Fsp3) is 0.100. The molecular weight excluding hydrogens is 483 g/mol. The van der Waals surface area contributed by atoms with E-state index in [1.807, 2.05) is 55.5 Å². The Labute approximate surface area is 217 Å². The van der Waals surface area contributed by atoms with E-state index < -0.39 is 17.6 Å². The van der Waals surface area contributed by atoms with Gasteiger partial charge in [0.1, 0.15) is 5.82 Å². The van der Waals surface area contributed by atoms with Crippen molar-refractivity contribution in [2.75, 3.05) is 5.32 Å². The topological polar surface area (TPSA) is 131 Å². The largest absolute Gasteiger partial charge is 0.369 e. The molecule has 0 saturated carbocycles. The molecule has 6 N–H and O–H groups in total. The molecule has 5 rings (SSSR count). The second-order valence-corrected chi connectivity index (χ2v) is 9.25. The second-order valence-electron chi connectivity index (χ2n) is 9.25. The van der Waals surface area contributed by atoms with Gasteiger partial charge in [0.15, 0.2) is 0 Å². The third kappa shape index (κ3) is 4.71. The summed E-state index contributed by atoms with van der Waals surface area (Å²) < 4.78 is 13.3. The Kier molecular flexibility index (Phi) is 6.38.